The molecule has 15 rings (SSSR count). The number of fused-ring (bicyclic) bond motifs is 3. The summed E-state index contributed by atoms with van der Waals surface area (Å²) in [5.41, 5.74) is 8.33. The van der Waals surface area contributed by atoms with E-state index in [0.29, 0.717) is 97.6 Å². The number of aromatic nitrogens is 9. The van der Waals surface area contributed by atoms with Crippen LogP contribution in [0.25, 0.3) is 66.9 Å². The zero-order valence-electron chi connectivity index (χ0n) is 59.3. The largest absolute Gasteiger partial charge is 1.00 e. The van der Waals surface area contributed by atoms with Crippen molar-refractivity contribution in [3.8, 4) is 33.8 Å². The van der Waals surface area contributed by atoms with Crippen molar-refractivity contribution in [3.05, 3.63) is 240 Å². The first kappa shape index (κ1) is 81.8. The van der Waals surface area contributed by atoms with Gasteiger partial charge in [0.1, 0.15) is 52.0 Å². The number of carboxylic acids is 1. The average Bonchev–Trinajstić information content (AvgIpc) is 0.749. The van der Waals surface area contributed by atoms with Crippen LogP contribution in [0, 0.1) is 17.5 Å². The van der Waals surface area contributed by atoms with Crippen molar-refractivity contribution in [2.24, 2.45) is 0 Å². The van der Waals surface area contributed by atoms with Crippen molar-refractivity contribution in [3.63, 3.8) is 0 Å². The maximum atomic E-state index is 13.6. The Kier molecular flexibility index (Phi) is 29.4. The van der Waals surface area contributed by atoms with Crippen LogP contribution in [0.3, 0.4) is 0 Å². The van der Waals surface area contributed by atoms with Gasteiger partial charge in [-0.05, 0) is 185 Å². The summed E-state index contributed by atoms with van der Waals surface area (Å²) in [7, 11) is 3.66. The number of anilines is 5. The predicted molar refractivity (Wildman–Crippen MR) is 407 cm³/mol. The number of nitrogens with one attached hydrogen (secondary N) is 1. The van der Waals surface area contributed by atoms with Gasteiger partial charge in [-0.2, -0.15) is 0 Å². The van der Waals surface area contributed by atoms with Gasteiger partial charge in [0.05, 0.1) is 64.0 Å². The number of methoxy groups -OCH3 is 2. The number of rotatable bonds is 11. The molecule has 23 nitrogen and oxygen atoms in total. The second kappa shape index (κ2) is 38.4. The molecule has 6 aromatic carbocycles. The molecule has 0 bridgehead atoms. The van der Waals surface area contributed by atoms with Gasteiger partial charge in [-0.25, -0.2) is 72.4 Å². The van der Waals surface area contributed by atoms with Crippen LogP contribution in [-0.2, 0) is 9.47 Å². The number of aliphatic hydroxyl groups is 1. The molecule has 3 atom stereocenters. The number of aromatic carboxylic acids is 1. The maximum absolute atomic E-state index is 13.6. The third-order valence-electron chi connectivity index (χ3n) is 17.4. The molecule has 0 unspecified atom stereocenters. The van der Waals surface area contributed by atoms with E-state index in [1.165, 1.54) is 62.8 Å². The van der Waals surface area contributed by atoms with Gasteiger partial charge in [0, 0.05) is 119 Å². The van der Waals surface area contributed by atoms with Gasteiger partial charge in [-0.3, -0.25) is 0 Å². The first-order valence-electron chi connectivity index (χ1n) is 33.5. The molecular weight excluding hydrogens is 1400 g/mol. The number of hydrogen-bond acceptors (Lipinski definition) is 22. The summed E-state index contributed by atoms with van der Waals surface area (Å²) in [4.78, 5) is 87.7. The van der Waals surface area contributed by atoms with E-state index in [9.17, 15) is 32.7 Å². The van der Waals surface area contributed by atoms with E-state index >= 15 is 0 Å². The Hall–Kier alpha value is -10.8. The summed E-state index contributed by atoms with van der Waals surface area (Å²) in [6.45, 7) is 14.0. The summed E-state index contributed by atoms with van der Waals surface area (Å²) < 4.78 is 49.7. The van der Waals surface area contributed by atoms with Crippen LogP contribution in [0.15, 0.2) is 201 Å². The number of ether oxygens (including phenoxy) is 2. The maximum Gasteiger partial charge on any atom is 1.00 e. The summed E-state index contributed by atoms with van der Waals surface area (Å²) in [6.07, 6.45) is 5.43. The number of carbonyl (C=O) groups excluding carboxylic acids is 2. The molecule has 0 aliphatic carbocycles. The van der Waals surface area contributed by atoms with Gasteiger partial charge < -0.3 is 55.0 Å². The number of piperazine rings is 3. The molecular formula is C79H80ClF3N15NaO8. The third-order valence-corrected chi connectivity index (χ3v) is 17.7. The van der Waals surface area contributed by atoms with E-state index in [1.54, 1.807) is 91.3 Å². The van der Waals surface area contributed by atoms with Gasteiger partial charge in [-0.1, -0.05) is 37.2 Å². The summed E-state index contributed by atoms with van der Waals surface area (Å²) in [5, 5.41) is 20.0. The third kappa shape index (κ3) is 20.2. The fourth-order valence-corrected chi connectivity index (χ4v) is 12.5. The second-order valence-corrected chi connectivity index (χ2v) is 24.8. The number of nitrogens with zero attached hydrogens (tertiary/aromatic N) is 14. The quantitative estimate of drug-likeness (QED) is 0.0801. The Balaban J connectivity index is 0.000000185. The fraction of sp³-hybridized carbons (Fsp3) is 0.241. The first-order chi connectivity index (χ1) is 50.5. The van der Waals surface area contributed by atoms with E-state index in [4.69, 9.17) is 41.4 Å². The van der Waals surface area contributed by atoms with E-state index < -0.39 is 17.9 Å². The monoisotopic (exact) mass is 1480 g/mol. The molecule has 4 N–H and O–H groups in total. The van der Waals surface area contributed by atoms with Crippen LogP contribution in [-0.4, -0.2) is 177 Å². The number of benzene rings is 6. The number of carbonyl (C=O) groups is 3. The molecule has 107 heavy (non-hydrogen) atoms. The van der Waals surface area contributed by atoms with E-state index in [1.807, 2.05) is 54.7 Å². The van der Waals surface area contributed by atoms with Crippen molar-refractivity contribution >= 4 is 91.7 Å². The molecule has 28 heteroatoms. The normalized spacial score (nSPS) is 15.2. The molecule has 0 spiro atoms. The van der Waals surface area contributed by atoms with Gasteiger partial charge in [0.15, 0.2) is 16.8 Å². The van der Waals surface area contributed by atoms with Gasteiger partial charge >= 0.3 is 47.5 Å². The number of hydrogen-bond donors (Lipinski definition) is 3. The Morgan fingerprint density at radius 1 is 0.458 bits per heavy atom. The van der Waals surface area contributed by atoms with E-state index in [-0.39, 0.29) is 82.7 Å². The zero-order chi connectivity index (χ0) is 73.4. The number of halogens is 4. The van der Waals surface area contributed by atoms with Crippen molar-refractivity contribution in [1.29, 1.82) is 0 Å². The fourth-order valence-electron chi connectivity index (χ4n) is 12.3. The molecule has 3 saturated heterocycles. The minimum Gasteiger partial charge on any atom is -0.870 e. The van der Waals surface area contributed by atoms with Crippen LogP contribution >= 0.6 is 11.6 Å². The number of aliphatic hydroxyl groups excluding tert-OH is 1. The SMILES string of the molecule is C.CO.COC(=O)c1ccc2nc(-c3ccc(F)cc3)c(Cl)nc2c1.COC(=O)c1ccc2nc(-c3ccc(F)cc3)c(N3CCN(c4ccccn4)C[C@@H]3C)nc2c1.C[C@H]1CN(c2ccccn2)CCN1.C[C@H]1CN(c2ccccn2)CCN1c1nc2cc(C(=O)O)ccc2nc1-c1ccc(F)cc1.[Na+].[OH-]. The molecule has 6 aromatic heterocycles. The summed E-state index contributed by atoms with van der Waals surface area (Å²) >= 11 is 6.16. The van der Waals surface area contributed by atoms with Crippen LogP contribution in [0.4, 0.5) is 42.3 Å². The van der Waals surface area contributed by atoms with Crippen LogP contribution in [0.1, 0.15) is 59.3 Å². The molecule has 0 saturated carbocycles. The van der Waals surface area contributed by atoms with Crippen LogP contribution < -0.4 is 59.4 Å². The molecule has 3 fully saturated rings. The second-order valence-electron chi connectivity index (χ2n) is 24.4. The van der Waals surface area contributed by atoms with Crippen LogP contribution in [0.2, 0.25) is 5.15 Å². The number of pyridine rings is 3. The predicted octanol–water partition coefficient (Wildman–Crippen LogP) is 10.4. The molecule has 3 aliphatic rings. The molecule has 0 amide bonds. The smallest absolute Gasteiger partial charge is 0.870 e. The van der Waals surface area contributed by atoms with Gasteiger partial charge in [-0.15, -0.1) is 0 Å². The van der Waals surface area contributed by atoms with Crippen molar-refractivity contribution in [2.45, 2.75) is 46.3 Å². The average molecular weight is 1480 g/mol. The molecule has 12 aromatic rings. The van der Waals surface area contributed by atoms with Gasteiger partial charge in [0.2, 0.25) is 0 Å². The first-order valence-corrected chi connectivity index (χ1v) is 33.8. The minimum absolute atomic E-state index is 0. The van der Waals surface area contributed by atoms with Crippen molar-refractivity contribution in [2.75, 3.05) is 105 Å². The number of esters is 2. The molecule has 9 heterocycles. The van der Waals surface area contributed by atoms with Crippen LogP contribution in [0.5, 0.6) is 0 Å². The Labute approximate surface area is 644 Å². The molecule has 0 radical (unpaired) electrons. The van der Waals surface area contributed by atoms with Crippen molar-refractivity contribution < 1.29 is 82.3 Å². The zero-order valence-corrected chi connectivity index (χ0v) is 62.1. The standard InChI is InChI=1S/C26H24FN5O2.C25H22FN5O2.C16H10ClFN2O2.C10H15N3.CH4O.CH4.Na.H2O/c1-17-16-31(23-5-3-4-12-28-23)13-14-32(17)25-24(18-6-9-20(27)10-7-18)29-21-11-8-19(26(33)34-2)15-22(21)30-25;1-16-15-30(22-4-2-3-11-27-22)12-13-31(16)24-23(17-5-8-19(26)9-6-17)28-20-10-7-18(25(32)33)14-21(20)29-24;1-22-16(21)10-4-7-12-13(8-10)20-15(17)14(19-12)9-2-5-11(18)6-3-9;1-9-8-13(7-6-11-9)10-4-2-3-5-12-10;1-2;;;/h3-12,15,17H,13-14,16H2,1-2H3;2-11,14,16H,12-13,15H2,1H3,(H,32,33);2-8H,1H3;2-5,9,11H,6-8H2,1H3;2H,1H3;1H4;;1H2/q;;;;;;+1;/p-1/t17-;16-;;9-;;;;/m00.0..../s1. The summed E-state index contributed by atoms with van der Waals surface area (Å²) in [5.74, 6) is 1.47. The summed E-state index contributed by atoms with van der Waals surface area (Å²) in [6, 6.07) is 51.6. The molecule has 548 valence electrons. The Morgan fingerprint density at radius 3 is 1.17 bits per heavy atom. The minimum atomic E-state index is -1.01. The Bertz CT molecular complexity index is 4950. The van der Waals surface area contributed by atoms with Crippen molar-refractivity contribution in [1.82, 2.24) is 50.2 Å². The van der Waals surface area contributed by atoms with Gasteiger partial charge in [0.25, 0.3) is 0 Å². The molecule has 3 aliphatic heterocycles. The van der Waals surface area contributed by atoms with E-state index in [0.717, 1.165) is 81.5 Å². The topological polar surface area (TPSA) is 284 Å². The number of carboxylic acid groups (broad SMARTS) is 1. The Morgan fingerprint density at radius 2 is 0.813 bits per heavy atom. The van der Waals surface area contributed by atoms with E-state index in [2.05, 4.69) is 86.3 Å².